The van der Waals surface area contributed by atoms with Gasteiger partial charge in [0.2, 0.25) is 0 Å². The molecule has 0 amide bonds. The lowest BCUT2D eigenvalue weighted by molar-refractivity contribution is -0.218. The maximum atomic E-state index is 12.3. The van der Waals surface area contributed by atoms with Gasteiger partial charge >= 0.3 is 0 Å². The van der Waals surface area contributed by atoms with E-state index in [0.717, 1.165) is 28.0 Å². The minimum Gasteiger partial charge on any atom is -0.861 e. The molecule has 35 heavy (non-hydrogen) atoms. The van der Waals surface area contributed by atoms with Gasteiger partial charge in [-0.05, 0) is 59.0 Å². The van der Waals surface area contributed by atoms with Crippen LogP contribution in [-0.2, 0) is 16.4 Å². The molecule has 6 nitrogen and oxygen atoms in total. The van der Waals surface area contributed by atoms with Gasteiger partial charge in [-0.2, -0.15) is 12.8 Å². The van der Waals surface area contributed by atoms with Gasteiger partial charge in [0.1, 0.15) is 9.96 Å². The predicted octanol–water partition coefficient (Wildman–Crippen LogP) is 4.76. The maximum Gasteiger partial charge on any atom is 0.290 e. The summed E-state index contributed by atoms with van der Waals surface area (Å²) in [6.07, 6.45) is 0.291. The maximum absolute atomic E-state index is 12.3. The van der Waals surface area contributed by atoms with Gasteiger partial charge in [-0.25, -0.2) is 0 Å². The Morgan fingerprint density at radius 1 is 0.914 bits per heavy atom. The monoisotopic (exact) mass is 504 g/mol. The van der Waals surface area contributed by atoms with E-state index < -0.39 is 15.9 Å². The Kier molecular flexibility index (Phi) is 7.74. The lowest BCUT2D eigenvalue weighted by atomic mass is 9.96. The highest BCUT2D eigenvalue weighted by Crippen LogP contribution is 2.28. The van der Waals surface area contributed by atoms with Crippen molar-refractivity contribution in [1.29, 1.82) is 0 Å². The standard InChI is InChI=1S/C27H23NO5S2/c29-25(21-9-2-1-3-10-21)19-33-23-12-6-11-22(18-23)24-13-5-4-8-20(24)15-16-26(30)28-35(31,32)27-14-7-17-34-27/h1-14,17-18H,15-16,19H2,(H,28,30)/p-1. The van der Waals surface area contributed by atoms with Gasteiger partial charge in [0.15, 0.2) is 12.4 Å². The van der Waals surface area contributed by atoms with Crippen LogP contribution in [0.15, 0.2) is 105 Å². The molecule has 0 aliphatic heterocycles. The molecule has 0 radical (unpaired) electrons. The Morgan fingerprint density at radius 2 is 1.69 bits per heavy atom. The van der Waals surface area contributed by atoms with E-state index in [1.807, 2.05) is 48.5 Å². The van der Waals surface area contributed by atoms with E-state index in [1.165, 1.54) is 6.07 Å². The number of hydrogen-bond donors (Lipinski definition) is 0. The average molecular weight is 505 g/mol. The van der Waals surface area contributed by atoms with E-state index in [1.54, 1.807) is 41.8 Å². The van der Waals surface area contributed by atoms with Crippen molar-refractivity contribution in [3.8, 4) is 16.9 Å². The summed E-state index contributed by atoms with van der Waals surface area (Å²) in [6, 6.07) is 26.9. The van der Waals surface area contributed by atoms with E-state index >= 15 is 0 Å². The second-order valence-corrected chi connectivity index (χ2v) is 10.4. The highest BCUT2D eigenvalue weighted by molar-refractivity contribution is 7.92. The van der Waals surface area contributed by atoms with Crippen molar-refractivity contribution in [3.05, 3.63) is 108 Å². The second kappa shape index (κ2) is 11.1. The Balaban J connectivity index is 1.46. The van der Waals surface area contributed by atoms with Crippen LogP contribution in [0, 0.1) is 0 Å². The molecule has 0 saturated carbocycles. The Hall–Kier alpha value is -3.75. The van der Waals surface area contributed by atoms with Crippen LogP contribution in [0.2, 0.25) is 0 Å². The minimum atomic E-state index is -3.97. The average Bonchev–Trinajstić information content (AvgIpc) is 3.43. The lowest BCUT2D eigenvalue weighted by Gasteiger charge is -2.14. The quantitative estimate of drug-likeness (QED) is 0.176. The predicted molar refractivity (Wildman–Crippen MR) is 135 cm³/mol. The van der Waals surface area contributed by atoms with E-state index in [9.17, 15) is 18.3 Å². The number of thiophene rings is 1. The summed E-state index contributed by atoms with van der Waals surface area (Å²) in [5, 5.41) is 13.9. The smallest absolute Gasteiger partial charge is 0.290 e. The molecule has 1 heterocycles. The van der Waals surface area contributed by atoms with Crippen LogP contribution in [0.3, 0.4) is 0 Å². The first-order valence-corrected chi connectivity index (χ1v) is 13.2. The Labute approximate surface area is 208 Å². The van der Waals surface area contributed by atoms with Gasteiger partial charge < -0.3 is 9.84 Å². The third-order valence-corrected chi connectivity index (χ3v) is 7.88. The third kappa shape index (κ3) is 6.44. The summed E-state index contributed by atoms with van der Waals surface area (Å²) in [4.78, 5) is 12.3. The zero-order valence-corrected chi connectivity index (χ0v) is 20.3. The zero-order valence-electron chi connectivity index (χ0n) is 18.7. The molecular weight excluding hydrogens is 482 g/mol. The molecule has 4 rings (SSSR count). The van der Waals surface area contributed by atoms with Crippen LogP contribution in [0.25, 0.3) is 11.1 Å². The fourth-order valence-corrected chi connectivity index (χ4v) is 5.42. The van der Waals surface area contributed by atoms with Crippen LogP contribution >= 0.6 is 11.3 Å². The van der Waals surface area contributed by atoms with Crippen molar-refractivity contribution in [2.24, 2.45) is 4.40 Å². The van der Waals surface area contributed by atoms with Crippen molar-refractivity contribution in [2.45, 2.75) is 17.1 Å². The number of carbonyl (C=O) groups is 1. The number of benzene rings is 3. The van der Waals surface area contributed by atoms with E-state index in [4.69, 9.17) is 4.74 Å². The number of Topliss-reactive ketones (excluding diaryl/α,β-unsaturated/α-hetero) is 1. The van der Waals surface area contributed by atoms with E-state index in [2.05, 4.69) is 4.40 Å². The van der Waals surface area contributed by atoms with E-state index in [0.29, 0.717) is 17.7 Å². The minimum absolute atomic E-state index is 0.0383. The van der Waals surface area contributed by atoms with Gasteiger partial charge in [0.05, 0.1) is 0 Å². The fraction of sp³-hybridized carbons (Fsp3) is 0.111. The topological polar surface area (TPSA) is 95.9 Å². The van der Waals surface area contributed by atoms with Gasteiger partial charge in [-0.1, -0.05) is 72.8 Å². The summed E-state index contributed by atoms with van der Waals surface area (Å²) in [5.41, 5.74) is 3.22. The van der Waals surface area contributed by atoms with Gasteiger partial charge in [0.25, 0.3) is 10.0 Å². The molecule has 0 N–H and O–H groups in total. The van der Waals surface area contributed by atoms with Crippen LogP contribution in [-0.4, -0.2) is 26.7 Å². The van der Waals surface area contributed by atoms with Crippen LogP contribution in [0.4, 0.5) is 0 Å². The van der Waals surface area contributed by atoms with Crippen molar-refractivity contribution < 1.29 is 23.1 Å². The van der Waals surface area contributed by atoms with Gasteiger partial charge in [-0.3, -0.25) is 4.79 Å². The largest absolute Gasteiger partial charge is 0.861 e. The first-order valence-electron chi connectivity index (χ1n) is 10.9. The lowest BCUT2D eigenvalue weighted by Crippen LogP contribution is -2.20. The number of nitrogens with zero attached hydrogens (tertiary/aromatic N) is 1. The van der Waals surface area contributed by atoms with Crippen molar-refractivity contribution >= 4 is 33.0 Å². The number of ether oxygens (including phenoxy) is 1. The molecule has 178 valence electrons. The zero-order chi connectivity index (χ0) is 24.7. The van der Waals surface area contributed by atoms with Gasteiger partial charge in [0, 0.05) is 5.56 Å². The first kappa shape index (κ1) is 24.4. The summed E-state index contributed by atoms with van der Waals surface area (Å²) in [6.45, 7) is -0.0795. The molecule has 0 spiro atoms. The second-order valence-electron chi connectivity index (χ2n) is 7.66. The number of carbonyl (C=O) groups excluding carboxylic acids is 1. The molecule has 0 aliphatic rings. The fourth-order valence-electron chi connectivity index (χ4n) is 3.51. The van der Waals surface area contributed by atoms with Crippen molar-refractivity contribution in [3.63, 3.8) is 0 Å². The highest BCUT2D eigenvalue weighted by Gasteiger charge is 2.13. The summed E-state index contributed by atoms with van der Waals surface area (Å²) >= 11 is 1.02. The molecule has 0 atom stereocenters. The van der Waals surface area contributed by atoms with Crippen LogP contribution in [0.5, 0.6) is 5.75 Å². The molecule has 1 aromatic heterocycles. The molecule has 0 aliphatic carbocycles. The number of ketones is 1. The first-order chi connectivity index (χ1) is 16.9. The van der Waals surface area contributed by atoms with Crippen LogP contribution < -0.4 is 9.84 Å². The number of aryl methyl sites for hydroxylation is 1. The number of hydrogen-bond acceptors (Lipinski definition) is 6. The molecule has 0 unspecified atom stereocenters. The Morgan fingerprint density at radius 3 is 2.46 bits per heavy atom. The summed E-state index contributed by atoms with van der Waals surface area (Å²) in [5.74, 6) is -0.254. The molecule has 0 fully saturated rings. The highest BCUT2D eigenvalue weighted by atomic mass is 32.2. The summed E-state index contributed by atoms with van der Waals surface area (Å²) < 4.78 is 33.7. The normalized spacial score (nSPS) is 11.8. The summed E-state index contributed by atoms with van der Waals surface area (Å²) in [7, 11) is -3.97. The van der Waals surface area contributed by atoms with Crippen LogP contribution in [0.1, 0.15) is 22.3 Å². The van der Waals surface area contributed by atoms with Gasteiger partial charge in [-0.15, -0.1) is 11.3 Å². The number of sulfonamides is 1. The van der Waals surface area contributed by atoms with Crippen molar-refractivity contribution in [1.82, 2.24) is 0 Å². The number of rotatable bonds is 10. The molecule has 0 bridgehead atoms. The van der Waals surface area contributed by atoms with E-state index in [-0.39, 0.29) is 23.0 Å². The molecule has 8 heteroatoms. The molecule has 0 saturated heterocycles. The molecule has 4 aromatic rings. The SMILES string of the molecule is O=C(COc1cccc(-c2ccccc2CC/C([O-])=N\S(=O)(=O)c2cccs2)c1)c1ccccc1. The van der Waals surface area contributed by atoms with Crippen molar-refractivity contribution in [2.75, 3.05) is 6.61 Å². The third-order valence-electron chi connectivity index (χ3n) is 5.21. The molecule has 3 aromatic carbocycles. The Bertz CT molecular complexity index is 1430. The molecular formula is C27H22NO5S2-.